The lowest BCUT2D eigenvalue weighted by Crippen LogP contribution is -2.49. The molecule has 1 aliphatic heterocycles. The molecular formula is C25H27F3N4O4. The first kappa shape index (κ1) is 25.6. The molecule has 192 valence electrons. The van der Waals surface area contributed by atoms with Gasteiger partial charge in [-0.2, -0.15) is 13.2 Å². The maximum absolute atomic E-state index is 13.8. The van der Waals surface area contributed by atoms with E-state index < -0.39 is 29.5 Å². The van der Waals surface area contributed by atoms with E-state index in [9.17, 15) is 27.9 Å². The number of aromatic amines is 1. The summed E-state index contributed by atoms with van der Waals surface area (Å²) < 4.78 is 47.2. The third-order valence-electron chi connectivity index (χ3n) is 6.49. The maximum Gasteiger partial charge on any atom is 0.416 e. The summed E-state index contributed by atoms with van der Waals surface area (Å²) in [5, 5.41) is 10.1. The van der Waals surface area contributed by atoms with Crippen molar-refractivity contribution >= 4 is 16.8 Å². The minimum atomic E-state index is -4.70. The van der Waals surface area contributed by atoms with Crippen LogP contribution in [-0.4, -0.2) is 50.1 Å². The number of benzene rings is 1. The van der Waals surface area contributed by atoms with Gasteiger partial charge in [0.25, 0.3) is 11.5 Å². The van der Waals surface area contributed by atoms with Crippen LogP contribution in [-0.2, 0) is 6.18 Å². The Kier molecular flexibility index (Phi) is 6.78. The van der Waals surface area contributed by atoms with Crippen LogP contribution in [0.3, 0.4) is 0 Å². The van der Waals surface area contributed by atoms with Crippen LogP contribution < -0.4 is 10.3 Å². The fourth-order valence-electron chi connectivity index (χ4n) is 4.62. The lowest BCUT2D eigenvalue weighted by Gasteiger charge is -2.38. The first-order valence-corrected chi connectivity index (χ1v) is 11.6. The highest BCUT2D eigenvalue weighted by Crippen LogP contribution is 2.37. The molecule has 1 unspecified atom stereocenters. The number of aromatic nitrogens is 3. The Morgan fingerprint density at radius 1 is 1.22 bits per heavy atom. The Balaban J connectivity index is 1.57. The predicted molar refractivity (Wildman–Crippen MR) is 126 cm³/mol. The molecule has 1 amide bonds. The van der Waals surface area contributed by atoms with Gasteiger partial charge in [-0.05, 0) is 43.9 Å². The summed E-state index contributed by atoms with van der Waals surface area (Å²) in [7, 11) is 0. The topological polar surface area (TPSA) is 108 Å². The van der Waals surface area contributed by atoms with Crippen molar-refractivity contribution in [2.75, 3.05) is 13.1 Å². The first-order chi connectivity index (χ1) is 16.8. The zero-order valence-corrected chi connectivity index (χ0v) is 20.3. The van der Waals surface area contributed by atoms with Gasteiger partial charge in [0.05, 0.1) is 28.1 Å². The number of H-pyrrole nitrogens is 1. The van der Waals surface area contributed by atoms with Gasteiger partial charge < -0.3 is 19.7 Å². The lowest BCUT2D eigenvalue weighted by atomic mass is 9.88. The van der Waals surface area contributed by atoms with Crippen molar-refractivity contribution in [3.05, 3.63) is 63.3 Å². The molecular weight excluding hydrogens is 477 g/mol. The molecule has 1 fully saturated rings. The van der Waals surface area contributed by atoms with Crippen LogP contribution in [0.1, 0.15) is 54.2 Å². The Labute approximate surface area is 205 Å². The van der Waals surface area contributed by atoms with E-state index in [1.807, 2.05) is 13.8 Å². The molecule has 0 spiro atoms. The van der Waals surface area contributed by atoms with Crippen molar-refractivity contribution in [2.45, 2.75) is 46.1 Å². The molecule has 36 heavy (non-hydrogen) atoms. The number of nitrogens with one attached hydrogen (secondary N) is 1. The van der Waals surface area contributed by atoms with Crippen molar-refractivity contribution in [1.29, 1.82) is 0 Å². The number of nitrogens with zero attached hydrogens (tertiary/aromatic N) is 3. The molecule has 1 aliphatic rings. The molecule has 4 atom stereocenters. The number of ether oxygens (including phenoxy) is 1. The molecule has 0 aliphatic carbocycles. The van der Waals surface area contributed by atoms with Gasteiger partial charge in [-0.3, -0.25) is 9.59 Å². The van der Waals surface area contributed by atoms with Gasteiger partial charge in [0.2, 0.25) is 5.88 Å². The van der Waals surface area contributed by atoms with Crippen molar-refractivity contribution in [2.24, 2.45) is 11.8 Å². The molecule has 3 aromatic rings. The number of rotatable bonds is 4. The van der Waals surface area contributed by atoms with Crippen molar-refractivity contribution in [3.8, 4) is 5.88 Å². The summed E-state index contributed by atoms with van der Waals surface area (Å²) >= 11 is 0. The van der Waals surface area contributed by atoms with E-state index in [4.69, 9.17) is 4.74 Å². The van der Waals surface area contributed by atoms with Gasteiger partial charge in [0, 0.05) is 30.9 Å². The minimum Gasteiger partial charge on any atom is -0.470 e. The number of hydrogen-bond acceptors (Lipinski definition) is 6. The van der Waals surface area contributed by atoms with Crippen molar-refractivity contribution in [3.63, 3.8) is 0 Å². The van der Waals surface area contributed by atoms with Gasteiger partial charge in [-0.25, -0.2) is 9.97 Å². The van der Waals surface area contributed by atoms with E-state index in [0.717, 1.165) is 12.1 Å². The van der Waals surface area contributed by atoms with E-state index in [0.29, 0.717) is 18.7 Å². The largest absolute Gasteiger partial charge is 0.470 e. The summed E-state index contributed by atoms with van der Waals surface area (Å²) in [4.78, 5) is 37.5. The number of fused-ring (bicyclic) bond motifs is 1. The lowest BCUT2D eigenvalue weighted by molar-refractivity contribution is -0.138. The van der Waals surface area contributed by atoms with Crippen LogP contribution in [0.5, 0.6) is 5.88 Å². The Morgan fingerprint density at radius 2 is 1.89 bits per heavy atom. The van der Waals surface area contributed by atoms with Crippen LogP contribution in [0.25, 0.3) is 10.9 Å². The number of piperidine rings is 1. The monoisotopic (exact) mass is 504 g/mol. The van der Waals surface area contributed by atoms with E-state index in [1.165, 1.54) is 32.2 Å². The van der Waals surface area contributed by atoms with Crippen LogP contribution >= 0.6 is 0 Å². The van der Waals surface area contributed by atoms with Gasteiger partial charge in [-0.15, -0.1) is 0 Å². The van der Waals surface area contributed by atoms with Crippen LogP contribution in [0.2, 0.25) is 0 Å². The van der Waals surface area contributed by atoms with E-state index in [1.54, 1.807) is 4.90 Å². The summed E-state index contributed by atoms with van der Waals surface area (Å²) in [5.41, 5.74) is -1.49. The molecule has 0 radical (unpaired) electrons. The molecule has 2 aromatic heterocycles. The number of amides is 1. The summed E-state index contributed by atoms with van der Waals surface area (Å²) in [6.45, 7) is 7.50. The molecule has 0 bridgehead atoms. The van der Waals surface area contributed by atoms with Gasteiger partial charge in [0.1, 0.15) is 11.9 Å². The molecule has 8 nitrogen and oxygen atoms in total. The zero-order valence-electron chi connectivity index (χ0n) is 20.3. The third-order valence-corrected chi connectivity index (χ3v) is 6.49. The molecule has 0 saturated carbocycles. The van der Waals surface area contributed by atoms with Crippen LogP contribution in [0, 0.1) is 18.8 Å². The van der Waals surface area contributed by atoms with E-state index >= 15 is 0 Å². The smallest absolute Gasteiger partial charge is 0.416 e. The number of aliphatic hydroxyl groups excluding tert-OH is 1. The number of aliphatic hydroxyl groups is 1. The van der Waals surface area contributed by atoms with Crippen LogP contribution in [0.15, 0.2) is 35.3 Å². The second-order valence-electron chi connectivity index (χ2n) is 9.41. The molecule has 1 aromatic carbocycles. The number of carbonyl (C=O) groups excluding carboxylic acids is 1. The average Bonchev–Trinajstić information content (AvgIpc) is 2.80. The number of likely N-dealkylation sites (tertiary alicyclic amines) is 1. The molecule has 1 saturated heterocycles. The number of carbonyl (C=O) groups is 1. The summed E-state index contributed by atoms with van der Waals surface area (Å²) in [6.07, 6.45) is -4.96. The van der Waals surface area contributed by atoms with Gasteiger partial charge in [0.15, 0.2) is 0 Å². The first-order valence-electron chi connectivity index (χ1n) is 11.6. The SMILES string of the molecule is Cc1nc2cc(C(F)(F)F)c([C@H](C)Oc3ccc(C(=O)N4C[C@@H](C)C(O)[C@@H](C)C4)cn3)cc2c(=O)[nH]1. The number of halogens is 3. The molecule has 3 heterocycles. The summed E-state index contributed by atoms with van der Waals surface area (Å²) in [5.74, 6) is -0.140. The zero-order chi connectivity index (χ0) is 26.4. The Morgan fingerprint density at radius 3 is 2.47 bits per heavy atom. The highest BCUT2D eigenvalue weighted by Gasteiger charge is 2.36. The Hall–Kier alpha value is -3.47. The Bertz CT molecular complexity index is 1330. The average molecular weight is 505 g/mol. The van der Waals surface area contributed by atoms with Crippen LogP contribution in [0.4, 0.5) is 13.2 Å². The minimum absolute atomic E-state index is 0.0167. The van der Waals surface area contributed by atoms with Crippen molar-refractivity contribution < 1.29 is 27.8 Å². The van der Waals surface area contributed by atoms with Crippen molar-refractivity contribution in [1.82, 2.24) is 19.9 Å². The maximum atomic E-state index is 13.8. The fraction of sp³-hybridized carbons (Fsp3) is 0.440. The second-order valence-corrected chi connectivity index (χ2v) is 9.41. The predicted octanol–water partition coefficient (Wildman–Crippen LogP) is 3.87. The number of alkyl halides is 3. The standard InChI is InChI=1S/C25H27F3N4O4/c1-12-10-32(11-13(2)22(12)33)24(35)16-5-6-21(29-9-16)36-14(3)17-7-18-20(8-19(17)25(26,27)28)30-15(4)31-23(18)34/h5-9,12-14,22,33H,10-11H2,1-4H3,(H,30,31,34)/t12-,13+,14-,22?/m0/s1. The van der Waals surface area contributed by atoms with Gasteiger partial charge in [-0.1, -0.05) is 13.8 Å². The molecule has 2 N–H and O–H groups in total. The number of hydrogen-bond donors (Lipinski definition) is 2. The molecule has 4 rings (SSSR count). The quantitative estimate of drug-likeness (QED) is 0.559. The highest BCUT2D eigenvalue weighted by atomic mass is 19.4. The number of aryl methyl sites for hydroxylation is 1. The summed E-state index contributed by atoms with van der Waals surface area (Å²) in [6, 6.07) is 4.90. The number of pyridine rings is 1. The van der Waals surface area contributed by atoms with Gasteiger partial charge >= 0.3 is 6.18 Å². The third kappa shape index (κ3) is 5.06. The second kappa shape index (κ2) is 9.53. The fourth-order valence-corrected chi connectivity index (χ4v) is 4.62. The normalized spacial score (nSPS) is 21.4. The highest BCUT2D eigenvalue weighted by molar-refractivity contribution is 5.94. The van der Waals surface area contributed by atoms with E-state index in [2.05, 4.69) is 15.0 Å². The molecule has 11 heteroatoms. The van der Waals surface area contributed by atoms with E-state index in [-0.39, 0.29) is 45.9 Å².